The molecule has 2 nitrogen and oxygen atoms in total. The quantitative estimate of drug-likeness (QED) is 0.731. The van der Waals surface area contributed by atoms with Gasteiger partial charge in [-0.05, 0) is 30.6 Å². The van der Waals surface area contributed by atoms with Crippen molar-refractivity contribution in [3.05, 3.63) is 0 Å². The normalized spacial score (nSPS) is 35.9. The van der Waals surface area contributed by atoms with E-state index < -0.39 is 11.5 Å². The Balaban J connectivity index is 3.10. The molecule has 0 aromatic rings. The third kappa shape index (κ3) is 2.34. The lowest BCUT2D eigenvalue weighted by molar-refractivity contribution is -0.100. The molecule has 0 bridgehead atoms. The van der Waals surface area contributed by atoms with Crippen molar-refractivity contribution in [3.63, 3.8) is 0 Å². The molecule has 0 radical (unpaired) electrons. The van der Waals surface area contributed by atoms with Crippen LogP contribution in [-0.4, -0.2) is 22.9 Å². The van der Waals surface area contributed by atoms with Gasteiger partial charge in [-0.15, -0.1) is 18.8 Å². The van der Waals surface area contributed by atoms with Crippen molar-refractivity contribution in [2.75, 3.05) is 6.61 Å². The van der Waals surface area contributed by atoms with Crippen molar-refractivity contribution in [2.45, 2.75) is 45.6 Å². The number of aliphatic hydroxyl groups excluding tert-OH is 2. The van der Waals surface area contributed by atoms with Crippen LogP contribution in [0.15, 0.2) is 0 Å². The highest BCUT2D eigenvalue weighted by Gasteiger charge is 2.52. The van der Waals surface area contributed by atoms with Crippen LogP contribution in [0.3, 0.4) is 0 Å². The fourth-order valence-corrected chi connectivity index (χ4v) is 3.20. The third-order valence-electron chi connectivity index (χ3n) is 4.33. The molecule has 1 rings (SSSR count). The van der Waals surface area contributed by atoms with Crippen molar-refractivity contribution in [2.24, 2.45) is 16.7 Å². The lowest BCUT2D eigenvalue weighted by Gasteiger charge is -2.51. The molecule has 0 aromatic heterocycles. The topological polar surface area (TPSA) is 40.5 Å². The van der Waals surface area contributed by atoms with Crippen LogP contribution in [0.1, 0.15) is 39.5 Å². The van der Waals surface area contributed by atoms with Gasteiger partial charge in [-0.2, -0.15) is 0 Å². The maximum atomic E-state index is 10.2. The van der Waals surface area contributed by atoms with Crippen molar-refractivity contribution >= 4 is 0 Å². The standard InChI is InChI=1S/C15H22O2/c1-5-7-8-12-14(3,4)10-9-13(17)15(12,6-2)11-16/h1-2,12-13,16-17H,7-11H2,3-4H3/t12-,13+,15-/m1/s1. The molecule has 0 heterocycles. The van der Waals surface area contributed by atoms with Gasteiger partial charge < -0.3 is 10.2 Å². The van der Waals surface area contributed by atoms with Crippen molar-refractivity contribution in [1.82, 2.24) is 0 Å². The molecular formula is C15H22O2. The number of terminal acetylenes is 2. The summed E-state index contributed by atoms with van der Waals surface area (Å²) in [6.45, 7) is 4.10. The first kappa shape index (κ1) is 14.1. The van der Waals surface area contributed by atoms with E-state index in [1.807, 2.05) is 0 Å². The molecule has 0 aliphatic heterocycles. The highest BCUT2D eigenvalue weighted by Crippen LogP contribution is 2.52. The van der Waals surface area contributed by atoms with Gasteiger partial charge in [0.15, 0.2) is 0 Å². The molecule has 0 unspecified atom stereocenters. The molecule has 1 aliphatic rings. The van der Waals surface area contributed by atoms with E-state index in [1.165, 1.54) is 0 Å². The zero-order valence-electron chi connectivity index (χ0n) is 10.7. The first-order valence-corrected chi connectivity index (χ1v) is 6.14. The Morgan fingerprint density at radius 3 is 2.47 bits per heavy atom. The molecule has 0 spiro atoms. The predicted molar refractivity (Wildman–Crippen MR) is 68.9 cm³/mol. The second kappa shape index (κ2) is 5.13. The number of aliphatic hydroxyl groups is 2. The van der Waals surface area contributed by atoms with Crippen LogP contribution in [0.25, 0.3) is 0 Å². The Morgan fingerprint density at radius 1 is 1.35 bits per heavy atom. The van der Waals surface area contributed by atoms with Gasteiger partial charge in [0.2, 0.25) is 0 Å². The second-order valence-electron chi connectivity index (χ2n) is 5.68. The van der Waals surface area contributed by atoms with Crippen LogP contribution < -0.4 is 0 Å². The molecule has 2 N–H and O–H groups in total. The van der Waals surface area contributed by atoms with Crippen molar-refractivity contribution in [3.8, 4) is 24.7 Å². The van der Waals surface area contributed by atoms with Crippen LogP contribution in [0.4, 0.5) is 0 Å². The maximum absolute atomic E-state index is 10.2. The molecular weight excluding hydrogens is 212 g/mol. The summed E-state index contributed by atoms with van der Waals surface area (Å²) >= 11 is 0. The number of rotatable bonds is 3. The zero-order chi connectivity index (χ0) is 13.1. The number of hydrogen-bond donors (Lipinski definition) is 2. The van der Waals surface area contributed by atoms with Gasteiger partial charge in [0.1, 0.15) is 0 Å². The summed E-state index contributed by atoms with van der Waals surface area (Å²) in [5.74, 6) is 5.34. The summed E-state index contributed by atoms with van der Waals surface area (Å²) in [5.41, 5.74) is -0.830. The van der Waals surface area contributed by atoms with Crippen molar-refractivity contribution in [1.29, 1.82) is 0 Å². The summed E-state index contributed by atoms with van der Waals surface area (Å²) in [6.07, 6.45) is 13.2. The first-order valence-electron chi connectivity index (χ1n) is 6.14. The molecule has 2 heteroatoms. The lowest BCUT2D eigenvalue weighted by Crippen LogP contribution is -2.53. The smallest absolute Gasteiger partial charge is 0.0833 e. The minimum Gasteiger partial charge on any atom is -0.395 e. The summed E-state index contributed by atoms with van der Waals surface area (Å²) < 4.78 is 0. The van der Waals surface area contributed by atoms with E-state index in [4.69, 9.17) is 12.8 Å². The number of hydrogen-bond acceptors (Lipinski definition) is 2. The third-order valence-corrected chi connectivity index (χ3v) is 4.33. The van der Waals surface area contributed by atoms with E-state index in [0.717, 1.165) is 12.8 Å². The summed E-state index contributed by atoms with van der Waals surface area (Å²) in [7, 11) is 0. The lowest BCUT2D eigenvalue weighted by atomic mass is 9.54. The minimum atomic E-state index is -0.835. The average molecular weight is 234 g/mol. The fraction of sp³-hybridized carbons (Fsp3) is 0.733. The molecule has 1 saturated carbocycles. The highest BCUT2D eigenvalue weighted by molar-refractivity contribution is 5.17. The molecule has 0 saturated heterocycles. The molecule has 1 fully saturated rings. The summed E-state index contributed by atoms with van der Waals surface area (Å²) in [5, 5.41) is 19.8. The zero-order valence-corrected chi connectivity index (χ0v) is 10.7. The summed E-state index contributed by atoms with van der Waals surface area (Å²) in [6, 6.07) is 0. The van der Waals surface area contributed by atoms with Gasteiger partial charge in [-0.3, -0.25) is 0 Å². The SMILES string of the molecule is C#CCC[C@@H]1C(C)(C)CC[C@H](O)[C@]1(C#C)CO. The second-order valence-corrected chi connectivity index (χ2v) is 5.68. The Bertz CT molecular complexity index is 345. The van der Waals surface area contributed by atoms with E-state index >= 15 is 0 Å². The van der Waals surface area contributed by atoms with Gasteiger partial charge in [0.05, 0.1) is 18.1 Å². The van der Waals surface area contributed by atoms with E-state index in [-0.39, 0.29) is 17.9 Å². The van der Waals surface area contributed by atoms with E-state index in [1.54, 1.807) is 0 Å². The fourth-order valence-electron chi connectivity index (χ4n) is 3.20. The maximum Gasteiger partial charge on any atom is 0.0833 e. The van der Waals surface area contributed by atoms with Gasteiger partial charge in [-0.1, -0.05) is 19.8 Å². The Morgan fingerprint density at radius 2 is 2.00 bits per heavy atom. The first-order chi connectivity index (χ1) is 7.94. The Hall–Kier alpha value is -0.960. The van der Waals surface area contributed by atoms with Gasteiger partial charge in [0, 0.05) is 6.42 Å². The highest BCUT2D eigenvalue weighted by atomic mass is 16.3. The monoisotopic (exact) mass is 234 g/mol. The van der Waals surface area contributed by atoms with Crippen LogP contribution in [0.2, 0.25) is 0 Å². The van der Waals surface area contributed by atoms with E-state index in [9.17, 15) is 10.2 Å². The van der Waals surface area contributed by atoms with Crippen LogP contribution in [0.5, 0.6) is 0 Å². The van der Waals surface area contributed by atoms with Crippen LogP contribution >= 0.6 is 0 Å². The van der Waals surface area contributed by atoms with Gasteiger partial charge in [0.25, 0.3) is 0 Å². The molecule has 3 atom stereocenters. The van der Waals surface area contributed by atoms with Gasteiger partial charge >= 0.3 is 0 Å². The summed E-state index contributed by atoms with van der Waals surface area (Å²) in [4.78, 5) is 0. The molecule has 1 aliphatic carbocycles. The molecule has 0 aromatic carbocycles. The van der Waals surface area contributed by atoms with E-state index in [0.29, 0.717) is 12.8 Å². The molecule has 17 heavy (non-hydrogen) atoms. The Labute approximate surface area is 104 Å². The van der Waals surface area contributed by atoms with Crippen LogP contribution in [-0.2, 0) is 0 Å². The molecule has 94 valence electrons. The Kier molecular flexibility index (Phi) is 4.26. The largest absolute Gasteiger partial charge is 0.395 e. The molecule has 0 amide bonds. The average Bonchev–Trinajstić information content (AvgIpc) is 2.31. The predicted octanol–water partition coefficient (Wildman–Crippen LogP) is 1.81. The van der Waals surface area contributed by atoms with Gasteiger partial charge in [-0.25, -0.2) is 0 Å². The minimum absolute atomic E-state index is 0.00514. The van der Waals surface area contributed by atoms with Crippen molar-refractivity contribution < 1.29 is 10.2 Å². The van der Waals surface area contributed by atoms with E-state index in [2.05, 4.69) is 25.7 Å². The van der Waals surface area contributed by atoms with Crippen LogP contribution in [0, 0.1) is 41.4 Å².